The maximum atomic E-state index is 9.92. The quantitative estimate of drug-likeness (QED) is 0.822. The highest BCUT2D eigenvalue weighted by atomic mass is 16.3. The van der Waals surface area contributed by atoms with E-state index in [1.54, 1.807) is 0 Å². The molecule has 86 valence electrons. The van der Waals surface area contributed by atoms with Gasteiger partial charge in [0, 0.05) is 25.1 Å². The van der Waals surface area contributed by atoms with E-state index in [9.17, 15) is 5.11 Å². The number of rotatable bonds is 2. The third-order valence-electron chi connectivity index (χ3n) is 2.91. The summed E-state index contributed by atoms with van der Waals surface area (Å²) < 4.78 is 2.14. The number of benzene rings is 1. The van der Waals surface area contributed by atoms with Gasteiger partial charge in [0.15, 0.2) is 0 Å². The Morgan fingerprint density at radius 2 is 2.00 bits per heavy atom. The molecule has 0 fully saturated rings. The van der Waals surface area contributed by atoms with Gasteiger partial charge in [-0.25, -0.2) is 0 Å². The standard InChI is InChI=1S/C14H19NO/c1-10-9-15(4)13-11(8-14(2,3)16)6-5-7-12(10)13/h5-7,9,16H,8H2,1-4H3. The van der Waals surface area contributed by atoms with Gasteiger partial charge in [-0.2, -0.15) is 0 Å². The molecule has 2 aromatic rings. The SMILES string of the molecule is Cc1cn(C)c2c(CC(C)(C)O)cccc12. The number of hydrogen-bond donors (Lipinski definition) is 1. The van der Waals surface area contributed by atoms with Gasteiger partial charge in [0.25, 0.3) is 0 Å². The van der Waals surface area contributed by atoms with Crippen molar-refractivity contribution in [2.45, 2.75) is 32.8 Å². The molecule has 0 spiro atoms. The first kappa shape index (κ1) is 11.2. The average Bonchev–Trinajstić information content (AvgIpc) is 2.41. The summed E-state index contributed by atoms with van der Waals surface area (Å²) in [5, 5.41) is 11.2. The molecule has 0 aliphatic rings. The van der Waals surface area contributed by atoms with Crippen LogP contribution in [0.2, 0.25) is 0 Å². The Morgan fingerprint density at radius 3 is 2.62 bits per heavy atom. The molecule has 0 saturated heterocycles. The van der Waals surface area contributed by atoms with Crippen LogP contribution in [0.15, 0.2) is 24.4 Å². The van der Waals surface area contributed by atoms with E-state index >= 15 is 0 Å². The smallest absolute Gasteiger partial charge is 0.0632 e. The molecule has 0 radical (unpaired) electrons. The van der Waals surface area contributed by atoms with Crippen LogP contribution in [0.5, 0.6) is 0 Å². The van der Waals surface area contributed by atoms with Gasteiger partial charge >= 0.3 is 0 Å². The van der Waals surface area contributed by atoms with E-state index in [0.29, 0.717) is 6.42 Å². The minimum atomic E-state index is -0.660. The molecule has 0 amide bonds. The van der Waals surface area contributed by atoms with Crippen molar-refractivity contribution in [1.29, 1.82) is 0 Å². The number of aromatic nitrogens is 1. The Balaban J connectivity index is 2.62. The molecule has 0 bridgehead atoms. The predicted octanol–water partition coefficient (Wildman–Crippen LogP) is 2.80. The molecular weight excluding hydrogens is 198 g/mol. The molecule has 0 atom stereocenters. The van der Waals surface area contributed by atoms with E-state index in [4.69, 9.17) is 0 Å². The van der Waals surface area contributed by atoms with Crippen LogP contribution in [-0.2, 0) is 13.5 Å². The van der Waals surface area contributed by atoms with Crippen LogP contribution in [-0.4, -0.2) is 15.3 Å². The van der Waals surface area contributed by atoms with Crippen molar-refractivity contribution in [1.82, 2.24) is 4.57 Å². The zero-order chi connectivity index (χ0) is 11.9. The summed E-state index contributed by atoms with van der Waals surface area (Å²) in [5.41, 5.74) is 3.07. The Morgan fingerprint density at radius 1 is 1.31 bits per heavy atom. The van der Waals surface area contributed by atoms with Crippen LogP contribution in [0.1, 0.15) is 25.0 Å². The summed E-state index contributed by atoms with van der Waals surface area (Å²) in [6, 6.07) is 6.30. The number of aliphatic hydroxyl groups is 1. The highest BCUT2D eigenvalue weighted by molar-refractivity contribution is 5.86. The Labute approximate surface area is 96.5 Å². The molecule has 2 heteroatoms. The number of hydrogen-bond acceptors (Lipinski definition) is 1. The van der Waals surface area contributed by atoms with Crippen LogP contribution in [0.3, 0.4) is 0 Å². The van der Waals surface area contributed by atoms with Gasteiger partial charge in [0.2, 0.25) is 0 Å². The van der Waals surface area contributed by atoms with E-state index in [1.807, 2.05) is 13.8 Å². The van der Waals surface area contributed by atoms with Crippen molar-refractivity contribution < 1.29 is 5.11 Å². The van der Waals surface area contributed by atoms with Crippen molar-refractivity contribution in [3.8, 4) is 0 Å². The molecule has 0 saturated carbocycles. The number of aryl methyl sites for hydroxylation is 2. The molecule has 0 aliphatic heterocycles. The van der Waals surface area contributed by atoms with Crippen LogP contribution < -0.4 is 0 Å². The van der Waals surface area contributed by atoms with Gasteiger partial charge in [0.05, 0.1) is 11.1 Å². The molecule has 16 heavy (non-hydrogen) atoms. The summed E-state index contributed by atoms with van der Waals surface area (Å²) in [5.74, 6) is 0. The van der Waals surface area contributed by atoms with E-state index < -0.39 is 5.60 Å². The number of para-hydroxylation sites is 1. The van der Waals surface area contributed by atoms with Crippen molar-refractivity contribution in [3.05, 3.63) is 35.5 Å². The normalized spacial score (nSPS) is 12.3. The maximum absolute atomic E-state index is 9.92. The Bertz CT molecular complexity index is 517. The lowest BCUT2D eigenvalue weighted by atomic mass is 9.96. The summed E-state index contributed by atoms with van der Waals surface area (Å²) in [7, 11) is 2.06. The predicted molar refractivity (Wildman–Crippen MR) is 67.7 cm³/mol. The van der Waals surface area contributed by atoms with Crippen molar-refractivity contribution in [2.75, 3.05) is 0 Å². The fourth-order valence-corrected chi connectivity index (χ4v) is 2.36. The lowest BCUT2D eigenvalue weighted by Crippen LogP contribution is -2.22. The average molecular weight is 217 g/mol. The molecule has 1 heterocycles. The van der Waals surface area contributed by atoms with Crippen LogP contribution in [0.25, 0.3) is 10.9 Å². The summed E-state index contributed by atoms with van der Waals surface area (Å²) in [4.78, 5) is 0. The molecule has 0 aliphatic carbocycles. The molecule has 1 aromatic carbocycles. The minimum absolute atomic E-state index is 0.660. The Hall–Kier alpha value is -1.28. The van der Waals surface area contributed by atoms with E-state index in [-0.39, 0.29) is 0 Å². The van der Waals surface area contributed by atoms with E-state index in [1.165, 1.54) is 22.0 Å². The first-order chi connectivity index (χ1) is 7.38. The largest absolute Gasteiger partial charge is 0.390 e. The fraction of sp³-hybridized carbons (Fsp3) is 0.429. The molecule has 2 rings (SSSR count). The lowest BCUT2D eigenvalue weighted by molar-refractivity contribution is 0.0813. The van der Waals surface area contributed by atoms with Crippen molar-refractivity contribution >= 4 is 10.9 Å². The first-order valence-corrected chi connectivity index (χ1v) is 5.64. The van der Waals surface area contributed by atoms with Gasteiger partial charge in [-0.3, -0.25) is 0 Å². The molecular formula is C14H19NO. The summed E-state index contributed by atoms with van der Waals surface area (Å²) >= 11 is 0. The van der Waals surface area contributed by atoms with Crippen molar-refractivity contribution in [3.63, 3.8) is 0 Å². The highest BCUT2D eigenvalue weighted by Crippen LogP contribution is 2.26. The second kappa shape index (κ2) is 3.63. The van der Waals surface area contributed by atoms with E-state index in [0.717, 1.165) is 0 Å². The minimum Gasteiger partial charge on any atom is -0.390 e. The van der Waals surface area contributed by atoms with Crippen LogP contribution in [0, 0.1) is 6.92 Å². The fourth-order valence-electron chi connectivity index (χ4n) is 2.36. The van der Waals surface area contributed by atoms with Gasteiger partial charge < -0.3 is 9.67 Å². The maximum Gasteiger partial charge on any atom is 0.0632 e. The zero-order valence-electron chi connectivity index (χ0n) is 10.4. The molecule has 2 nitrogen and oxygen atoms in total. The molecule has 0 unspecified atom stereocenters. The second-order valence-electron chi connectivity index (χ2n) is 5.23. The third-order valence-corrected chi connectivity index (χ3v) is 2.91. The van der Waals surface area contributed by atoms with Crippen LogP contribution >= 0.6 is 0 Å². The topological polar surface area (TPSA) is 25.2 Å². The monoisotopic (exact) mass is 217 g/mol. The first-order valence-electron chi connectivity index (χ1n) is 5.64. The van der Waals surface area contributed by atoms with Gasteiger partial charge in [-0.05, 0) is 31.9 Å². The Kier molecular flexibility index (Phi) is 2.55. The van der Waals surface area contributed by atoms with Crippen molar-refractivity contribution in [2.24, 2.45) is 7.05 Å². The summed E-state index contributed by atoms with van der Waals surface area (Å²) in [6.07, 6.45) is 2.82. The number of nitrogens with zero attached hydrogens (tertiary/aromatic N) is 1. The molecule has 1 aromatic heterocycles. The van der Waals surface area contributed by atoms with Gasteiger partial charge in [-0.15, -0.1) is 0 Å². The summed E-state index contributed by atoms with van der Waals surface area (Å²) in [6.45, 7) is 5.82. The van der Waals surface area contributed by atoms with Gasteiger partial charge in [-0.1, -0.05) is 18.2 Å². The van der Waals surface area contributed by atoms with E-state index in [2.05, 4.69) is 42.9 Å². The molecule has 1 N–H and O–H groups in total. The van der Waals surface area contributed by atoms with Gasteiger partial charge in [0.1, 0.15) is 0 Å². The third kappa shape index (κ3) is 1.98. The second-order valence-corrected chi connectivity index (χ2v) is 5.23. The zero-order valence-corrected chi connectivity index (χ0v) is 10.4. The highest BCUT2D eigenvalue weighted by Gasteiger charge is 2.16. The van der Waals surface area contributed by atoms with Crippen LogP contribution in [0.4, 0.5) is 0 Å². The lowest BCUT2D eigenvalue weighted by Gasteiger charge is -2.18. The number of fused-ring (bicyclic) bond motifs is 1.